The van der Waals surface area contributed by atoms with Crippen LogP contribution in [0.15, 0.2) is 60.7 Å². The van der Waals surface area contributed by atoms with E-state index in [-0.39, 0.29) is 12.4 Å². The molecule has 0 bridgehead atoms. The molecule has 3 nitrogen and oxygen atoms in total. The number of aromatic nitrogens is 1. The lowest BCUT2D eigenvalue weighted by Crippen LogP contribution is -2.43. The third-order valence-corrected chi connectivity index (χ3v) is 4.23. The molecule has 1 aromatic heterocycles. The Balaban J connectivity index is 0.00000156. The number of pyridine rings is 1. The maximum absolute atomic E-state index is 4.88. The highest BCUT2D eigenvalue weighted by atomic mass is 35.5. The summed E-state index contributed by atoms with van der Waals surface area (Å²) in [7, 11) is 0. The monoisotopic (exact) mass is 325 g/mol. The molecule has 1 saturated heterocycles. The molecule has 1 N–H and O–H groups in total. The van der Waals surface area contributed by atoms with E-state index in [4.69, 9.17) is 4.98 Å². The number of rotatable bonds is 2. The number of hydrogen-bond acceptors (Lipinski definition) is 3. The van der Waals surface area contributed by atoms with Gasteiger partial charge in [-0.2, -0.15) is 0 Å². The molecule has 1 fully saturated rings. The van der Waals surface area contributed by atoms with Gasteiger partial charge in [-0.1, -0.05) is 48.5 Å². The van der Waals surface area contributed by atoms with Gasteiger partial charge < -0.3 is 10.2 Å². The minimum absolute atomic E-state index is 0. The molecule has 0 amide bonds. The molecule has 1 aliphatic heterocycles. The molecular weight excluding hydrogens is 306 g/mol. The molecule has 0 radical (unpaired) electrons. The lowest BCUT2D eigenvalue weighted by molar-refractivity contribution is 0.585. The van der Waals surface area contributed by atoms with Crippen LogP contribution >= 0.6 is 12.4 Å². The van der Waals surface area contributed by atoms with Crippen LogP contribution in [-0.2, 0) is 0 Å². The van der Waals surface area contributed by atoms with Gasteiger partial charge in [0.1, 0.15) is 5.82 Å². The molecule has 3 aromatic rings. The summed E-state index contributed by atoms with van der Waals surface area (Å²) in [6.45, 7) is 4.07. The summed E-state index contributed by atoms with van der Waals surface area (Å²) in [4.78, 5) is 7.25. The zero-order valence-corrected chi connectivity index (χ0v) is 13.7. The highest BCUT2D eigenvalue weighted by molar-refractivity contribution is 5.96. The van der Waals surface area contributed by atoms with Crippen molar-refractivity contribution in [2.45, 2.75) is 0 Å². The van der Waals surface area contributed by atoms with Gasteiger partial charge in [-0.15, -0.1) is 12.4 Å². The van der Waals surface area contributed by atoms with Crippen LogP contribution < -0.4 is 10.2 Å². The first-order valence-corrected chi connectivity index (χ1v) is 7.83. The average Bonchev–Trinajstić information content (AvgIpc) is 2.62. The van der Waals surface area contributed by atoms with Crippen LogP contribution in [0.3, 0.4) is 0 Å². The Hall–Kier alpha value is -2.10. The maximum Gasteiger partial charge on any atom is 0.129 e. The largest absolute Gasteiger partial charge is 0.354 e. The van der Waals surface area contributed by atoms with E-state index in [1.807, 2.05) is 0 Å². The van der Waals surface area contributed by atoms with Crippen LogP contribution in [0.25, 0.3) is 22.0 Å². The first-order valence-electron chi connectivity index (χ1n) is 7.83. The molecule has 23 heavy (non-hydrogen) atoms. The van der Waals surface area contributed by atoms with E-state index in [1.54, 1.807) is 0 Å². The van der Waals surface area contributed by atoms with Crippen LogP contribution in [0, 0.1) is 0 Å². The zero-order chi connectivity index (χ0) is 14.8. The van der Waals surface area contributed by atoms with Crippen molar-refractivity contribution >= 4 is 29.1 Å². The molecule has 4 heteroatoms. The van der Waals surface area contributed by atoms with E-state index in [0.717, 1.165) is 37.5 Å². The second kappa shape index (κ2) is 6.99. The number of nitrogens with zero attached hydrogens (tertiary/aromatic N) is 2. The fraction of sp³-hybridized carbons (Fsp3) is 0.211. The van der Waals surface area contributed by atoms with Crippen molar-refractivity contribution in [2.75, 3.05) is 31.1 Å². The van der Waals surface area contributed by atoms with Crippen LogP contribution in [0.2, 0.25) is 0 Å². The Bertz CT molecular complexity index is 783. The Morgan fingerprint density at radius 2 is 1.57 bits per heavy atom. The summed E-state index contributed by atoms with van der Waals surface area (Å²) in [5, 5.41) is 4.61. The predicted octanol–water partition coefficient (Wildman–Crippen LogP) is 3.73. The van der Waals surface area contributed by atoms with Crippen molar-refractivity contribution in [2.24, 2.45) is 0 Å². The quantitative estimate of drug-likeness (QED) is 0.778. The Labute approximate surface area is 142 Å². The zero-order valence-electron chi connectivity index (χ0n) is 12.9. The van der Waals surface area contributed by atoms with Gasteiger partial charge in [-0.25, -0.2) is 4.98 Å². The number of hydrogen-bond donors (Lipinski definition) is 1. The second-order valence-corrected chi connectivity index (χ2v) is 5.65. The van der Waals surface area contributed by atoms with Crippen molar-refractivity contribution in [3.8, 4) is 11.1 Å². The molecule has 0 spiro atoms. The van der Waals surface area contributed by atoms with Crippen molar-refractivity contribution in [3.63, 3.8) is 0 Å². The SMILES string of the molecule is Cl.c1ccc(-c2cc(N3CCNCC3)nc3ccccc23)cc1. The third kappa shape index (κ3) is 3.16. The molecule has 1 aliphatic rings. The van der Waals surface area contributed by atoms with Crippen LogP contribution in [0.1, 0.15) is 0 Å². The van der Waals surface area contributed by atoms with E-state index < -0.39 is 0 Å². The Kier molecular flexibility index (Phi) is 4.79. The Morgan fingerprint density at radius 1 is 0.870 bits per heavy atom. The topological polar surface area (TPSA) is 28.2 Å². The molecule has 0 saturated carbocycles. The predicted molar refractivity (Wildman–Crippen MR) is 99.5 cm³/mol. The third-order valence-electron chi connectivity index (χ3n) is 4.23. The van der Waals surface area contributed by atoms with Gasteiger partial charge in [0.05, 0.1) is 5.52 Å². The summed E-state index contributed by atoms with van der Waals surface area (Å²) in [6.07, 6.45) is 0. The molecule has 2 aromatic carbocycles. The van der Waals surface area contributed by atoms with Crippen molar-refractivity contribution < 1.29 is 0 Å². The van der Waals surface area contributed by atoms with Crippen LogP contribution in [0.5, 0.6) is 0 Å². The fourth-order valence-electron chi connectivity index (χ4n) is 3.07. The molecule has 4 rings (SSSR count). The fourth-order valence-corrected chi connectivity index (χ4v) is 3.07. The summed E-state index contributed by atoms with van der Waals surface area (Å²) >= 11 is 0. The molecule has 0 unspecified atom stereocenters. The van der Waals surface area contributed by atoms with Crippen molar-refractivity contribution in [1.29, 1.82) is 0 Å². The lowest BCUT2D eigenvalue weighted by Gasteiger charge is -2.29. The first kappa shape index (κ1) is 15.8. The van der Waals surface area contributed by atoms with Gasteiger partial charge in [0.2, 0.25) is 0 Å². The minimum atomic E-state index is 0. The number of piperazine rings is 1. The average molecular weight is 326 g/mol. The van der Waals surface area contributed by atoms with Gasteiger partial charge in [0.25, 0.3) is 0 Å². The molecular formula is C19H20ClN3. The normalized spacial score (nSPS) is 14.5. The standard InChI is InChI=1S/C19H19N3.ClH/c1-2-6-15(7-3-1)17-14-19(22-12-10-20-11-13-22)21-18-9-5-4-8-16(17)18;/h1-9,14,20H,10-13H2;1H. The first-order chi connectivity index (χ1) is 10.9. The summed E-state index contributed by atoms with van der Waals surface area (Å²) in [5.41, 5.74) is 3.58. The maximum atomic E-state index is 4.88. The summed E-state index contributed by atoms with van der Waals surface area (Å²) in [6, 6.07) is 21.2. The Morgan fingerprint density at radius 3 is 2.35 bits per heavy atom. The number of anilines is 1. The van der Waals surface area contributed by atoms with Gasteiger partial charge >= 0.3 is 0 Å². The number of nitrogens with one attached hydrogen (secondary N) is 1. The smallest absolute Gasteiger partial charge is 0.129 e. The van der Waals surface area contributed by atoms with Crippen molar-refractivity contribution in [3.05, 3.63) is 60.7 Å². The van der Waals surface area contributed by atoms with E-state index in [1.165, 1.54) is 16.5 Å². The molecule has 0 atom stereocenters. The minimum Gasteiger partial charge on any atom is -0.354 e. The highest BCUT2D eigenvalue weighted by Gasteiger charge is 2.14. The van der Waals surface area contributed by atoms with Gasteiger partial charge in [-0.05, 0) is 23.3 Å². The summed E-state index contributed by atoms with van der Waals surface area (Å²) in [5.74, 6) is 1.08. The molecule has 0 aliphatic carbocycles. The number of fused-ring (bicyclic) bond motifs is 1. The number of halogens is 1. The molecule has 118 valence electrons. The van der Waals surface area contributed by atoms with Crippen LogP contribution in [-0.4, -0.2) is 31.2 Å². The van der Waals surface area contributed by atoms with Crippen LogP contribution in [0.4, 0.5) is 5.82 Å². The summed E-state index contributed by atoms with van der Waals surface area (Å²) < 4.78 is 0. The highest BCUT2D eigenvalue weighted by Crippen LogP contribution is 2.31. The van der Waals surface area contributed by atoms with Gasteiger partial charge in [0.15, 0.2) is 0 Å². The van der Waals surface area contributed by atoms with Gasteiger partial charge in [-0.3, -0.25) is 0 Å². The van der Waals surface area contributed by atoms with E-state index >= 15 is 0 Å². The van der Waals surface area contributed by atoms with Crippen molar-refractivity contribution in [1.82, 2.24) is 10.3 Å². The number of benzene rings is 2. The second-order valence-electron chi connectivity index (χ2n) is 5.65. The lowest BCUT2D eigenvalue weighted by atomic mass is 10.0. The van der Waals surface area contributed by atoms with E-state index in [0.29, 0.717) is 0 Å². The molecule has 2 heterocycles. The van der Waals surface area contributed by atoms with E-state index in [2.05, 4.69) is 70.9 Å². The van der Waals surface area contributed by atoms with E-state index in [9.17, 15) is 0 Å². The number of para-hydroxylation sites is 1. The van der Waals surface area contributed by atoms with Gasteiger partial charge in [0, 0.05) is 31.6 Å².